The van der Waals surface area contributed by atoms with Crippen molar-refractivity contribution in [3.8, 4) is 11.5 Å². The summed E-state index contributed by atoms with van der Waals surface area (Å²) in [5.74, 6) is -5.12. The topological polar surface area (TPSA) is 263 Å². The Kier molecular flexibility index (Phi) is 9.12. The minimum atomic E-state index is -1.79. The van der Waals surface area contributed by atoms with Crippen LogP contribution in [0.15, 0.2) is 45.1 Å². The van der Waals surface area contributed by atoms with Gasteiger partial charge in [-0.25, -0.2) is 14.8 Å². The van der Waals surface area contributed by atoms with E-state index in [9.17, 15) is 44.4 Å². The number of quaternary nitrogens is 1. The molecule has 3 aromatic rings. The van der Waals surface area contributed by atoms with Crippen LogP contribution in [0.4, 0.5) is 5.13 Å². The molecule has 5 aliphatic rings. The van der Waals surface area contributed by atoms with Gasteiger partial charge in [-0.1, -0.05) is 5.16 Å². The summed E-state index contributed by atoms with van der Waals surface area (Å²) < 4.78 is 2.17. The van der Waals surface area contributed by atoms with Crippen molar-refractivity contribution in [2.24, 2.45) is 10.6 Å². The third-order valence-electron chi connectivity index (χ3n) is 11.0. The van der Waals surface area contributed by atoms with E-state index in [2.05, 4.69) is 20.4 Å². The van der Waals surface area contributed by atoms with Crippen LogP contribution in [-0.4, -0.2) is 117 Å². The number of aromatic hydroxyl groups is 2. The van der Waals surface area contributed by atoms with Gasteiger partial charge in [0.1, 0.15) is 23.7 Å². The van der Waals surface area contributed by atoms with Crippen LogP contribution in [0.1, 0.15) is 45.7 Å². The number of piperidine rings is 3. The maximum Gasteiger partial charge on any atom is 0.350 e. The van der Waals surface area contributed by atoms with Crippen molar-refractivity contribution < 1.29 is 48.9 Å². The van der Waals surface area contributed by atoms with Crippen LogP contribution in [-0.2, 0) is 30.6 Å². The summed E-state index contributed by atoms with van der Waals surface area (Å²) in [5.41, 5.74) is 3.72. The molecule has 2 bridgehead atoms. The number of rotatable bonds is 11. The summed E-state index contributed by atoms with van der Waals surface area (Å²) >= 11 is 2.35. The van der Waals surface area contributed by atoms with Crippen LogP contribution in [0.25, 0.3) is 10.9 Å². The van der Waals surface area contributed by atoms with E-state index >= 15 is 0 Å². The first-order valence-corrected chi connectivity index (χ1v) is 19.0. The van der Waals surface area contributed by atoms with Gasteiger partial charge >= 0.3 is 5.97 Å². The fourth-order valence-corrected chi connectivity index (χ4v) is 9.67. The zero-order chi connectivity index (χ0) is 38.9. The predicted octanol–water partition coefficient (Wildman–Crippen LogP) is -0.0764. The number of oxime groups is 1. The molecule has 18 nitrogen and oxygen atoms in total. The number of nitrogens with two attached hydrogens (primary N) is 1. The molecule has 2 aromatic heterocycles. The Bertz CT molecular complexity index is 2210. The normalized spacial score (nSPS) is 26.7. The van der Waals surface area contributed by atoms with E-state index in [0.717, 1.165) is 55.1 Å². The molecule has 0 spiro atoms. The largest absolute Gasteiger partial charge is 0.543 e. The number of phenols is 2. The number of phenolic OH excluding ortho intramolecular Hbond substituents is 2. The Labute approximate surface area is 315 Å². The third kappa shape index (κ3) is 6.40. The van der Waals surface area contributed by atoms with Gasteiger partial charge in [-0.2, -0.15) is 0 Å². The van der Waals surface area contributed by atoms with Crippen molar-refractivity contribution in [3.05, 3.63) is 51.2 Å². The lowest BCUT2D eigenvalue weighted by Crippen LogP contribution is -2.72. The second-order valence-corrected chi connectivity index (χ2v) is 17.2. The molecule has 54 heavy (non-hydrogen) atoms. The first-order chi connectivity index (χ1) is 25.4. The van der Waals surface area contributed by atoms with Crippen molar-refractivity contribution in [1.29, 1.82) is 0 Å². The summed E-state index contributed by atoms with van der Waals surface area (Å²) in [6.07, 6.45) is 3.78. The van der Waals surface area contributed by atoms with Gasteiger partial charge in [0.15, 0.2) is 22.3 Å². The smallest absolute Gasteiger partial charge is 0.350 e. The Morgan fingerprint density at radius 3 is 2.44 bits per heavy atom. The van der Waals surface area contributed by atoms with Crippen LogP contribution in [0.3, 0.4) is 0 Å². The molecule has 5 aliphatic heterocycles. The van der Waals surface area contributed by atoms with E-state index in [1.165, 1.54) is 49.4 Å². The lowest BCUT2D eigenvalue weighted by atomic mass is 9.70. The number of benzene rings is 1. The van der Waals surface area contributed by atoms with Gasteiger partial charge in [-0.3, -0.25) is 23.9 Å². The fourth-order valence-electron chi connectivity index (χ4n) is 7.68. The average molecular weight is 783 g/mol. The number of carbonyl (C=O) groups excluding carboxylic acids is 3. The van der Waals surface area contributed by atoms with Crippen molar-refractivity contribution in [2.75, 3.05) is 31.9 Å². The highest BCUT2D eigenvalue weighted by molar-refractivity contribution is 8.00. The molecule has 0 aliphatic carbocycles. The number of hydrogen-bond acceptors (Lipinski definition) is 15. The molecule has 20 heteroatoms. The number of nitrogen functional groups attached to an aromatic ring is 1. The van der Waals surface area contributed by atoms with Crippen molar-refractivity contribution in [3.63, 3.8) is 0 Å². The first-order valence-electron chi connectivity index (χ1n) is 17.1. The standard InChI is InChI=1S/C34H38N8O10S2/c1-16-18(12-42-7-4-34(5-8-42,6-9-42)14-40-15-36-19-11-22(44)21(43)10-17(19)27(40)46)25(30(48)49)41-28(47)24(29(41)54-16)38-26(45)23(20-13-53-32(35)37-20)39-52-33(2,3)31(50)51/h10-11,13,15-16,24,29H,4-9,12,14H2,1-3H3,(H6-,35,37,38,39,43,44,45,46,48,49,50,51)/t16-,24+,29+,34?,42?/m0/s1. The van der Waals surface area contributed by atoms with Gasteiger partial charge < -0.3 is 45.6 Å². The molecule has 286 valence electrons. The zero-order valence-corrected chi connectivity index (χ0v) is 31.1. The van der Waals surface area contributed by atoms with E-state index in [4.69, 9.17) is 10.6 Å². The molecule has 0 unspecified atom stereocenters. The van der Waals surface area contributed by atoms with E-state index in [0.29, 0.717) is 23.1 Å². The lowest BCUT2D eigenvalue weighted by molar-refractivity contribution is -0.941. The van der Waals surface area contributed by atoms with E-state index in [1.807, 2.05) is 6.92 Å². The third-order valence-corrected chi connectivity index (χ3v) is 13.2. The minimum Gasteiger partial charge on any atom is -0.543 e. The zero-order valence-electron chi connectivity index (χ0n) is 29.5. The number of hydrogen-bond donors (Lipinski definition) is 5. The van der Waals surface area contributed by atoms with Gasteiger partial charge in [0, 0.05) is 53.5 Å². The van der Waals surface area contributed by atoms with Gasteiger partial charge in [0.2, 0.25) is 5.60 Å². The predicted molar refractivity (Wildman–Crippen MR) is 193 cm³/mol. The number of amides is 2. The maximum absolute atomic E-state index is 13.6. The summed E-state index contributed by atoms with van der Waals surface area (Å²) in [4.78, 5) is 79.4. The molecule has 1 aromatic carbocycles. The lowest BCUT2D eigenvalue weighted by Gasteiger charge is -2.57. The first kappa shape index (κ1) is 37.1. The molecule has 3 atom stereocenters. The van der Waals surface area contributed by atoms with Crippen molar-refractivity contribution >= 4 is 68.6 Å². The number of β-lactam (4-membered cyclic amide) rings is 1. The second kappa shape index (κ2) is 13.3. The number of carboxylic acid groups (broad SMARTS) is 2. The molecule has 8 rings (SSSR count). The number of carboxylic acids is 2. The maximum atomic E-state index is 13.6. The molecule has 0 saturated carbocycles. The molecular weight excluding hydrogens is 745 g/mol. The Hall–Kier alpha value is -5.21. The number of aliphatic carboxylic acids is 2. The highest BCUT2D eigenvalue weighted by Gasteiger charge is 2.56. The molecule has 4 saturated heterocycles. The minimum absolute atomic E-state index is 0.00511. The van der Waals surface area contributed by atoms with Crippen LogP contribution in [0.5, 0.6) is 11.5 Å². The molecule has 4 fully saturated rings. The molecule has 7 heterocycles. The fraction of sp³-hybridized carbons (Fsp3) is 0.471. The molecular formula is C34H38N8O10S2. The Balaban J connectivity index is 1.06. The number of nitrogens with zero attached hydrogens (tertiary/aromatic N) is 6. The van der Waals surface area contributed by atoms with Crippen LogP contribution in [0.2, 0.25) is 0 Å². The second-order valence-electron chi connectivity index (χ2n) is 14.9. The van der Waals surface area contributed by atoms with E-state index in [-0.39, 0.29) is 49.4 Å². The highest BCUT2D eigenvalue weighted by atomic mass is 32.2. The Morgan fingerprint density at radius 2 is 1.83 bits per heavy atom. The van der Waals surface area contributed by atoms with Gasteiger partial charge in [-0.05, 0) is 26.8 Å². The molecule has 0 radical (unpaired) electrons. The summed E-state index contributed by atoms with van der Waals surface area (Å²) in [5, 5.41) is 49.0. The monoisotopic (exact) mass is 782 g/mol. The van der Waals surface area contributed by atoms with E-state index in [1.54, 1.807) is 4.57 Å². The SMILES string of the molecule is C[C@@H]1S[C@@H]2[C@H](NC(=O)/C(=N\OC(C)(C)C(=O)O)c3csc(N)n3)C(=O)N2C(C(=O)[O-])=C1C[N+]12CCC(Cn3cnc4cc(O)c(O)cc4c3=O)(CC1)CC2. The molecule has 6 N–H and O–H groups in total. The van der Waals surface area contributed by atoms with Gasteiger partial charge in [0.25, 0.3) is 17.4 Å². The summed E-state index contributed by atoms with van der Waals surface area (Å²) in [6, 6.07) is 1.34. The number of anilines is 1. The van der Waals surface area contributed by atoms with Gasteiger partial charge in [0.05, 0.1) is 48.5 Å². The van der Waals surface area contributed by atoms with Crippen LogP contribution >= 0.6 is 23.1 Å². The number of aromatic nitrogens is 3. The van der Waals surface area contributed by atoms with E-state index < -0.39 is 52.2 Å². The number of fused-ring (bicyclic) bond motifs is 5. The number of thioether (sulfide) groups is 1. The average Bonchev–Trinajstić information content (AvgIpc) is 3.56. The van der Waals surface area contributed by atoms with Crippen molar-refractivity contribution in [1.82, 2.24) is 24.8 Å². The van der Waals surface area contributed by atoms with Crippen LogP contribution in [0, 0.1) is 5.41 Å². The number of carbonyl (C=O) groups is 4. The van der Waals surface area contributed by atoms with Crippen LogP contribution < -0.4 is 21.7 Å². The summed E-state index contributed by atoms with van der Waals surface area (Å²) in [6.45, 7) is 7.35. The number of nitrogens with one attached hydrogen (secondary N) is 1. The molecule has 2 amide bonds. The highest BCUT2D eigenvalue weighted by Crippen LogP contribution is 2.49. The summed E-state index contributed by atoms with van der Waals surface area (Å²) in [7, 11) is 0. The number of thiazole rings is 1. The Morgan fingerprint density at radius 1 is 1.17 bits per heavy atom. The van der Waals surface area contributed by atoms with Crippen molar-refractivity contribution in [2.45, 2.75) is 68.8 Å². The van der Waals surface area contributed by atoms with Gasteiger partial charge in [-0.15, -0.1) is 23.1 Å². The quantitative estimate of drug-likeness (QED) is 0.0561.